The van der Waals surface area contributed by atoms with Crippen molar-refractivity contribution in [2.45, 2.75) is 20.0 Å². The highest BCUT2D eigenvalue weighted by atomic mass is 16.2. The lowest BCUT2D eigenvalue weighted by Crippen LogP contribution is -2.40. The number of fused-ring (bicyclic) bond motifs is 3. The number of rotatable bonds is 3. The van der Waals surface area contributed by atoms with E-state index in [1.165, 1.54) is 9.13 Å². The quantitative estimate of drug-likeness (QED) is 0.542. The molecule has 2 aromatic carbocycles. The Balaban J connectivity index is 1.71. The molecule has 0 aliphatic carbocycles. The van der Waals surface area contributed by atoms with Crippen LogP contribution in [-0.4, -0.2) is 25.2 Å². The van der Waals surface area contributed by atoms with Crippen molar-refractivity contribution in [3.63, 3.8) is 0 Å². The van der Waals surface area contributed by atoms with Crippen LogP contribution in [0.3, 0.4) is 0 Å². The zero-order chi connectivity index (χ0) is 20.1. The molecule has 0 fully saturated rings. The maximum Gasteiger partial charge on any atom is 0.332 e. The average Bonchev–Trinajstić information content (AvgIpc) is 3.30. The van der Waals surface area contributed by atoms with E-state index in [1.54, 1.807) is 7.05 Å². The molecule has 0 spiro atoms. The summed E-state index contributed by atoms with van der Waals surface area (Å²) in [4.78, 5) is 33.0. The second-order valence-electron chi connectivity index (χ2n) is 7.39. The zero-order valence-corrected chi connectivity index (χ0v) is 16.4. The van der Waals surface area contributed by atoms with Crippen LogP contribution in [-0.2, 0) is 20.1 Å². The predicted molar refractivity (Wildman–Crippen MR) is 113 cm³/mol. The predicted octanol–water partition coefficient (Wildman–Crippen LogP) is 2.41. The molecule has 0 bridgehead atoms. The molecule has 0 unspecified atom stereocenters. The Morgan fingerprint density at radius 3 is 2.45 bits per heavy atom. The van der Waals surface area contributed by atoms with Gasteiger partial charge in [-0.3, -0.25) is 13.9 Å². The molecule has 29 heavy (non-hydrogen) atoms. The summed E-state index contributed by atoms with van der Waals surface area (Å²) in [6.45, 7) is 3.69. The van der Waals surface area contributed by atoms with E-state index in [0.717, 1.165) is 23.4 Å². The number of aromatic nitrogens is 4. The third-order valence-corrected chi connectivity index (χ3v) is 5.59. The third-order valence-electron chi connectivity index (χ3n) is 5.59. The Labute approximate surface area is 167 Å². The van der Waals surface area contributed by atoms with Crippen LogP contribution >= 0.6 is 0 Å². The number of aryl methyl sites for hydroxylation is 2. The first-order chi connectivity index (χ1) is 14.1. The van der Waals surface area contributed by atoms with Crippen molar-refractivity contribution in [3.05, 3.63) is 86.6 Å². The minimum Gasteiger partial charge on any atom is -0.310 e. The lowest BCUT2D eigenvalue weighted by Gasteiger charge is -2.18. The normalized spacial score (nSPS) is 13.2. The van der Waals surface area contributed by atoms with E-state index >= 15 is 0 Å². The van der Waals surface area contributed by atoms with Crippen LogP contribution < -0.4 is 16.1 Å². The van der Waals surface area contributed by atoms with E-state index in [2.05, 4.69) is 24.0 Å². The molecule has 7 nitrogen and oxygen atoms in total. The maximum absolute atomic E-state index is 13.3. The van der Waals surface area contributed by atoms with E-state index in [1.807, 2.05) is 47.0 Å². The molecular weight excluding hydrogens is 366 g/mol. The van der Waals surface area contributed by atoms with E-state index in [4.69, 9.17) is 4.98 Å². The minimum atomic E-state index is -0.356. The molecular formula is C22H21N5O2. The Bertz CT molecular complexity index is 1350. The highest BCUT2D eigenvalue weighted by Gasteiger charge is 2.29. The number of anilines is 2. The summed E-state index contributed by atoms with van der Waals surface area (Å²) >= 11 is 0. The highest BCUT2D eigenvalue weighted by Crippen LogP contribution is 2.33. The number of hydrogen-bond donors (Lipinski definition) is 0. The topological polar surface area (TPSA) is 65.1 Å². The molecule has 7 heteroatoms. The van der Waals surface area contributed by atoms with Crippen molar-refractivity contribution < 1.29 is 0 Å². The van der Waals surface area contributed by atoms with Crippen molar-refractivity contribution in [1.29, 1.82) is 0 Å². The number of benzene rings is 2. The number of imidazole rings is 1. The summed E-state index contributed by atoms with van der Waals surface area (Å²) in [5.74, 6) is 0.707. The lowest BCUT2D eigenvalue weighted by molar-refractivity contribution is 0.652. The van der Waals surface area contributed by atoms with Crippen LogP contribution in [0.4, 0.5) is 11.6 Å². The van der Waals surface area contributed by atoms with Gasteiger partial charge in [0.05, 0.1) is 6.54 Å². The first kappa shape index (κ1) is 17.5. The molecule has 5 rings (SSSR count). The van der Waals surface area contributed by atoms with Gasteiger partial charge in [-0.25, -0.2) is 4.79 Å². The molecule has 0 atom stereocenters. The van der Waals surface area contributed by atoms with E-state index in [0.29, 0.717) is 23.7 Å². The molecule has 0 radical (unpaired) electrons. The fourth-order valence-corrected chi connectivity index (χ4v) is 4.08. The van der Waals surface area contributed by atoms with Crippen LogP contribution in [0.15, 0.2) is 64.2 Å². The Morgan fingerprint density at radius 2 is 1.69 bits per heavy atom. The van der Waals surface area contributed by atoms with E-state index in [9.17, 15) is 9.59 Å². The van der Waals surface area contributed by atoms with Crippen molar-refractivity contribution in [3.8, 4) is 0 Å². The van der Waals surface area contributed by atoms with Gasteiger partial charge in [0.15, 0.2) is 11.2 Å². The van der Waals surface area contributed by atoms with Crippen LogP contribution in [0.2, 0.25) is 0 Å². The van der Waals surface area contributed by atoms with Crippen molar-refractivity contribution >= 4 is 22.8 Å². The summed E-state index contributed by atoms with van der Waals surface area (Å²) in [7, 11) is 1.67. The average molecular weight is 387 g/mol. The largest absolute Gasteiger partial charge is 0.332 e. The van der Waals surface area contributed by atoms with E-state index in [-0.39, 0.29) is 17.8 Å². The molecule has 4 aromatic rings. The molecule has 2 aromatic heterocycles. The Hall–Kier alpha value is -3.61. The van der Waals surface area contributed by atoms with Gasteiger partial charge < -0.3 is 9.47 Å². The summed E-state index contributed by atoms with van der Waals surface area (Å²) < 4.78 is 4.70. The van der Waals surface area contributed by atoms with Gasteiger partial charge in [0, 0.05) is 25.8 Å². The molecule has 0 amide bonds. The fraction of sp³-hybridized carbons (Fsp3) is 0.227. The van der Waals surface area contributed by atoms with Crippen LogP contribution in [0, 0.1) is 6.92 Å². The second-order valence-corrected chi connectivity index (χ2v) is 7.39. The summed E-state index contributed by atoms with van der Waals surface area (Å²) in [5, 5.41) is 0. The summed E-state index contributed by atoms with van der Waals surface area (Å²) in [5.41, 5.74) is 3.38. The van der Waals surface area contributed by atoms with Gasteiger partial charge in [-0.2, -0.15) is 4.98 Å². The van der Waals surface area contributed by atoms with Gasteiger partial charge >= 0.3 is 5.69 Å². The smallest absolute Gasteiger partial charge is 0.310 e. The van der Waals surface area contributed by atoms with Crippen molar-refractivity contribution in [1.82, 2.24) is 18.7 Å². The monoisotopic (exact) mass is 387 g/mol. The SMILES string of the molecule is Cc1ccccc1N1CCn2c1nc1c2c(=O)n(Cc2ccccc2)c(=O)n1C. The number of hydrogen-bond acceptors (Lipinski definition) is 4. The van der Waals surface area contributed by atoms with Crippen LogP contribution in [0.5, 0.6) is 0 Å². The molecule has 0 N–H and O–H groups in total. The standard InChI is InChI=1S/C22H21N5O2/c1-15-8-6-7-11-17(15)25-12-13-26-18-19(23-21(25)26)24(2)22(29)27(20(18)28)14-16-9-4-3-5-10-16/h3-11H,12-14H2,1-2H3. The first-order valence-electron chi connectivity index (χ1n) is 9.63. The maximum atomic E-state index is 13.3. The highest BCUT2D eigenvalue weighted by molar-refractivity contribution is 5.78. The van der Waals surface area contributed by atoms with Crippen LogP contribution in [0.1, 0.15) is 11.1 Å². The zero-order valence-electron chi connectivity index (χ0n) is 16.4. The number of para-hydroxylation sites is 1. The van der Waals surface area contributed by atoms with Crippen molar-refractivity contribution in [2.24, 2.45) is 7.05 Å². The second kappa shape index (κ2) is 6.48. The summed E-state index contributed by atoms with van der Waals surface area (Å²) in [6, 6.07) is 17.7. The molecule has 0 saturated carbocycles. The van der Waals surface area contributed by atoms with Gasteiger partial charge in [0.1, 0.15) is 0 Å². The van der Waals surface area contributed by atoms with Gasteiger partial charge in [0.2, 0.25) is 5.95 Å². The molecule has 3 heterocycles. The van der Waals surface area contributed by atoms with Crippen molar-refractivity contribution in [2.75, 3.05) is 11.4 Å². The lowest BCUT2D eigenvalue weighted by atomic mass is 10.2. The fourth-order valence-electron chi connectivity index (χ4n) is 4.08. The van der Waals surface area contributed by atoms with Gasteiger partial charge in [-0.1, -0.05) is 48.5 Å². The molecule has 0 saturated heterocycles. The number of nitrogens with zero attached hydrogens (tertiary/aromatic N) is 5. The Kier molecular flexibility index (Phi) is 3.91. The van der Waals surface area contributed by atoms with Gasteiger partial charge in [0.25, 0.3) is 5.56 Å². The first-order valence-corrected chi connectivity index (χ1v) is 9.63. The minimum absolute atomic E-state index is 0.240. The molecule has 1 aliphatic heterocycles. The van der Waals surface area contributed by atoms with Gasteiger partial charge in [-0.15, -0.1) is 0 Å². The van der Waals surface area contributed by atoms with E-state index < -0.39 is 0 Å². The van der Waals surface area contributed by atoms with Crippen LogP contribution in [0.25, 0.3) is 11.2 Å². The molecule has 146 valence electrons. The Morgan fingerprint density at radius 1 is 0.966 bits per heavy atom. The summed E-state index contributed by atoms with van der Waals surface area (Å²) in [6.07, 6.45) is 0. The molecule has 1 aliphatic rings. The third kappa shape index (κ3) is 2.61. The van der Waals surface area contributed by atoms with Gasteiger partial charge in [-0.05, 0) is 24.1 Å².